The minimum absolute atomic E-state index is 0.877. The first-order valence-electron chi connectivity index (χ1n) is 7.54. The summed E-state index contributed by atoms with van der Waals surface area (Å²) in [6.45, 7) is 13.9. The molecule has 0 saturated heterocycles. The molecule has 0 bridgehead atoms. The van der Waals surface area contributed by atoms with Crippen molar-refractivity contribution in [3.05, 3.63) is 40.7 Å². The van der Waals surface area contributed by atoms with E-state index < -0.39 is 0 Å². The number of fused-ring (bicyclic) bond motifs is 1. The Labute approximate surface area is 133 Å². The summed E-state index contributed by atoms with van der Waals surface area (Å²) in [7, 11) is 0. The van der Waals surface area contributed by atoms with Crippen molar-refractivity contribution in [1.82, 2.24) is 9.36 Å². The van der Waals surface area contributed by atoms with Gasteiger partial charge in [0.15, 0.2) is 0 Å². The van der Waals surface area contributed by atoms with Gasteiger partial charge in [-0.1, -0.05) is 45.9 Å². The van der Waals surface area contributed by atoms with Gasteiger partial charge in [0.25, 0.3) is 0 Å². The van der Waals surface area contributed by atoms with Crippen molar-refractivity contribution >= 4 is 22.9 Å². The molecular weight excluding hydrogens is 278 g/mol. The van der Waals surface area contributed by atoms with Gasteiger partial charge in [0.05, 0.1) is 5.69 Å². The van der Waals surface area contributed by atoms with Gasteiger partial charge in [0.2, 0.25) is 0 Å². The Hall–Kier alpha value is -1.55. The zero-order valence-electron chi connectivity index (χ0n) is 14.3. The minimum Gasteiger partial charge on any atom is -0.257 e. The molecule has 2 heterocycles. The van der Waals surface area contributed by atoms with Gasteiger partial charge >= 0.3 is 0 Å². The number of hydrogen-bond acceptors (Lipinski definition) is 4. The third-order valence-corrected chi connectivity index (χ3v) is 3.09. The lowest BCUT2D eigenvalue weighted by molar-refractivity contribution is 1.13. The highest BCUT2D eigenvalue weighted by Crippen LogP contribution is 2.25. The molecule has 0 saturated carbocycles. The molecule has 0 fully saturated rings. The third kappa shape index (κ3) is 7.14. The van der Waals surface area contributed by atoms with E-state index in [1.807, 2.05) is 47.6 Å². The van der Waals surface area contributed by atoms with Crippen molar-refractivity contribution in [3.8, 4) is 0 Å². The van der Waals surface area contributed by atoms with Crippen LogP contribution >= 0.6 is 11.5 Å². The summed E-state index contributed by atoms with van der Waals surface area (Å²) < 4.78 is 3.95. The van der Waals surface area contributed by atoms with E-state index in [4.69, 9.17) is 0 Å². The van der Waals surface area contributed by atoms with Crippen LogP contribution in [-0.2, 0) is 6.42 Å². The Morgan fingerprint density at radius 1 is 0.952 bits per heavy atom. The standard InChI is InChI=1S/C9H9N.C4H6N2S.2C2H6/c1-7-6-8-4-2-3-5-9(8)10-7;1-3-5-4(2)7-6-3;2*1-2/h2-5H,6H2,1H3;1-2H3;2*1-2H3. The average molecular weight is 305 g/mol. The second-order valence-corrected chi connectivity index (χ2v) is 4.97. The number of aromatic nitrogens is 2. The molecule has 1 aromatic carbocycles. The van der Waals surface area contributed by atoms with Crippen LogP contribution in [0, 0.1) is 13.8 Å². The molecule has 0 N–H and O–H groups in total. The minimum atomic E-state index is 0.877. The fourth-order valence-electron chi connectivity index (χ4n) is 1.69. The second-order valence-electron chi connectivity index (χ2n) is 4.01. The predicted octanol–water partition coefficient (Wildman–Crippen LogP) is 5.54. The summed E-state index contributed by atoms with van der Waals surface area (Å²) in [6, 6.07) is 8.29. The summed E-state index contributed by atoms with van der Waals surface area (Å²) in [6.07, 6.45) is 1.04. The molecule has 0 aliphatic carbocycles. The molecule has 4 heteroatoms. The van der Waals surface area contributed by atoms with E-state index in [1.54, 1.807) is 0 Å². The van der Waals surface area contributed by atoms with Crippen LogP contribution in [0.25, 0.3) is 0 Å². The summed E-state index contributed by atoms with van der Waals surface area (Å²) in [5.41, 5.74) is 3.74. The molecule has 1 aliphatic rings. The Morgan fingerprint density at radius 3 is 2.00 bits per heavy atom. The molecule has 21 heavy (non-hydrogen) atoms. The molecule has 0 radical (unpaired) electrons. The molecule has 0 amide bonds. The molecule has 0 spiro atoms. The van der Waals surface area contributed by atoms with E-state index in [0.717, 1.165) is 22.9 Å². The number of para-hydroxylation sites is 1. The SMILES string of the molecule is CC.CC.CC1=Nc2ccccc2C1.Cc1nsc(C)n1. The first-order chi connectivity index (χ1) is 10.1. The largest absolute Gasteiger partial charge is 0.257 e. The molecule has 1 aliphatic heterocycles. The van der Waals surface area contributed by atoms with Gasteiger partial charge in [-0.3, -0.25) is 4.99 Å². The molecule has 0 unspecified atom stereocenters. The summed E-state index contributed by atoms with van der Waals surface area (Å²) in [4.78, 5) is 8.39. The van der Waals surface area contributed by atoms with Crippen molar-refractivity contribution in [3.63, 3.8) is 0 Å². The summed E-state index contributed by atoms with van der Waals surface area (Å²) in [5, 5.41) is 1.04. The topological polar surface area (TPSA) is 38.1 Å². The highest BCUT2D eigenvalue weighted by molar-refractivity contribution is 7.05. The number of aliphatic imine (C=N–C) groups is 1. The highest BCUT2D eigenvalue weighted by Gasteiger charge is 2.08. The second kappa shape index (κ2) is 11.1. The quantitative estimate of drug-likeness (QED) is 0.640. The van der Waals surface area contributed by atoms with E-state index in [0.29, 0.717) is 0 Å². The van der Waals surface area contributed by atoms with Crippen molar-refractivity contribution < 1.29 is 0 Å². The lowest BCUT2D eigenvalue weighted by Crippen LogP contribution is -1.87. The maximum absolute atomic E-state index is 4.37. The van der Waals surface area contributed by atoms with Gasteiger partial charge in [-0.2, -0.15) is 4.37 Å². The fraction of sp³-hybridized carbons (Fsp3) is 0.471. The number of rotatable bonds is 0. The monoisotopic (exact) mass is 305 g/mol. The van der Waals surface area contributed by atoms with Crippen molar-refractivity contribution in [2.24, 2.45) is 4.99 Å². The average Bonchev–Trinajstić information content (AvgIpc) is 3.07. The van der Waals surface area contributed by atoms with Crippen LogP contribution in [0.1, 0.15) is 51.0 Å². The lowest BCUT2D eigenvalue weighted by atomic mass is 10.1. The first-order valence-corrected chi connectivity index (χ1v) is 8.31. The molecule has 3 nitrogen and oxygen atoms in total. The smallest absolute Gasteiger partial charge is 0.139 e. The normalized spacial score (nSPS) is 10.7. The van der Waals surface area contributed by atoms with Crippen LogP contribution in [0.3, 0.4) is 0 Å². The number of aryl methyl sites for hydroxylation is 2. The van der Waals surface area contributed by atoms with E-state index in [9.17, 15) is 0 Å². The highest BCUT2D eigenvalue weighted by atomic mass is 32.1. The zero-order chi connectivity index (χ0) is 16.3. The van der Waals surface area contributed by atoms with Crippen LogP contribution in [0.5, 0.6) is 0 Å². The van der Waals surface area contributed by atoms with Crippen LogP contribution in [-0.4, -0.2) is 15.1 Å². The Kier molecular flexibility index (Phi) is 10.3. The van der Waals surface area contributed by atoms with E-state index >= 15 is 0 Å². The maximum atomic E-state index is 4.37. The van der Waals surface area contributed by atoms with E-state index in [-0.39, 0.29) is 0 Å². The molecular formula is C17H27N3S. The fourth-order valence-corrected chi connectivity index (χ4v) is 2.17. The van der Waals surface area contributed by atoms with Gasteiger partial charge < -0.3 is 0 Å². The maximum Gasteiger partial charge on any atom is 0.139 e. The lowest BCUT2D eigenvalue weighted by Gasteiger charge is -1.91. The van der Waals surface area contributed by atoms with Crippen molar-refractivity contribution in [1.29, 1.82) is 0 Å². The Bertz CT molecular complexity index is 528. The number of benzene rings is 1. The Morgan fingerprint density at radius 2 is 1.57 bits per heavy atom. The van der Waals surface area contributed by atoms with E-state index in [2.05, 4.69) is 39.5 Å². The number of nitrogens with zero attached hydrogens (tertiary/aromatic N) is 3. The predicted molar refractivity (Wildman–Crippen MR) is 95.0 cm³/mol. The van der Waals surface area contributed by atoms with Gasteiger partial charge in [0.1, 0.15) is 10.8 Å². The van der Waals surface area contributed by atoms with Gasteiger partial charge in [0, 0.05) is 12.1 Å². The number of hydrogen-bond donors (Lipinski definition) is 0. The van der Waals surface area contributed by atoms with Crippen LogP contribution < -0.4 is 0 Å². The summed E-state index contributed by atoms with van der Waals surface area (Å²) >= 11 is 1.44. The van der Waals surface area contributed by atoms with Crippen molar-refractivity contribution in [2.45, 2.75) is 54.9 Å². The molecule has 3 rings (SSSR count). The molecule has 1 aromatic heterocycles. The summed E-state index contributed by atoms with van der Waals surface area (Å²) in [5.74, 6) is 0.877. The van der Waals surface area contributed by atoms with Crippen LogP contribution in [0.4, 0.5) is 5.69 Å². The van der Waals surface area contributed by atoms with Gasteiger partial charge in [-0.25, -0.2) is 4.98 Å². The first kappa shape index (κ1) is 19.4. The molecule has 0 atom stereocenters. The third-order valence-electron chi connectivity index (χ3n) is 2.38. The zero-order valence-corrected chi connectivity index (χ0v) is 15.1. The van der Waals surface area contributed by atoms with Gasteiger partial charge in [-0.05, 0) is 43.9 Å². The Balaban J connectivity index is 0.000000321. The molecule has 116 valence electrons. The van der Waals surface area contributed by atoms with Crippen molar-refractivity contribution in [2.75, 3.05) is 0 Å². The van der Waals surface area contributed by atoms with Gasteiger partial charge in [-0.15, -0.1) is 0 Å². The van der Waals surface area contributed by atoms with E-state index in [1.165, 1.54) is 22.8 Å². The molecule has 2 aromatic rings. The van der Waals surface area contributed by atoms with Crippen LogP contribution in [0.2, 0.25) is 0 Å². The van der Waals surface area contributed by atoms with Crippen LogP contribution in [0.15, 0.2) is 29.3 Å².